The Balaban J connectivity index is 2.22. The van der Waals surface area contributed by atoms with Crippen molar-refractivity contribution in [3.05, 3.63) is 41.4 Å². The first kappa shape index (κ1) is 11.4. The van der Waals surface area contributed by atoms with Gasteiger partial charge in [0.2, 0.25) is 0 Å². The van der Waals surface area contributed by atoms with Gasteiger partial charge in [0.1, 0.15) is 23.3 Å². The average Bonchev–Trinajstić information content (AvgIpc) is 2.98. The highest BCUT2D eigenvalue weighted by molar-refractivity contribution is 9.10. The van der Waals surface area contributed by atoms with Gasteiger partial charge in [0.25, 0.3) is 0 Å². The molecule has 0 saturated heterocycles. The molecule has 3 rings (SSSR count). The van der Waals surface area contributed by atoms with Gasteiger partial charge in [0.05, 0.1) is 0 Å². The Morgan fingerprint density at radius 2 is 2.11 bits per heavy atom. The summed E-state index contributed by atoms with van der Waals surface area (Å²) in [6.07, 6.45) is 3.12. The Morgan fingerprint density at radius 1 is 1.28 bits per heavy atom. The largest absolute Gasteiger partial charge is 0.375 e. The van der Waals surface area contributed by atoms with Crippen LogP contribution in [0.5, 0.6) is 0 Å². The minimum Gasteiger partial charge on any atom is -0.375 e. The van der Waals surface area contributed by atoms with Crippen molar-refractivity contribution in [2.75, 3.05) is 5.73 Å². The first-order valence-corrected chi connectivity index (χ1v) is 6.73. The monoisotopic (exact) mass is 321 g/mol. The van der Waals surface area contributed by atoms with Crippen LogP contribution in [0.25, 0.3) is 16.3 Å². The molecule has 0 radical (unpaired) electrons. The van der Waals surface area contributed by atoms with Gasteiger partial charge in [0, 0.05) is 10.0 Å². The fourth-order valence-corrected chi connectivity index (χ4v) is 2.87. The first-order valence-electron chi connectivity index (χ1n) is 5.12. The molecule has 0 aliphatic heterocycles. The highest BCUT2D eigenvalue weighted by Gasteiger charge is 2.15. The van der Waals surface area contributed by atoms with Crippen LogP contribution in [-0.4, -0.2) is 19.7 Å². The summed E-state index contributed by atoms with van der Waals surface area (Å²) < 4.78 is 2.64. The van der Waals surface area contributed by atoms with E-state index < -0.39 is 0 Å². The van der Waals surface area contributed by atoms with E-state index in [1.54, 1.807) is 11.0 Å². The fraction of sp³-hybridized carbons (Fsp3) is 0. The van der Waals surface area contributed by atoms with Crippen LogP contribution in [0.15, 0.2) is 41.4 Å². The minimum absolute atomic E-state index is 0.506. The lowest BCUT2D eigenvalue weighted by Gasteiger charge is -2.03. The molecule has 0 aliphatic carbocycles. The summed E-state index contributed by atoms with van der Waals surface area (Å²) in [5.74, 6) is 0. The Morgan fingerprint density at radius 3 is 2.83 bits per heavy atom. The molecule has 2 aromatic heterocycles. The number of hydrogen-bond acceptors (Lipinski definition) is 5. The van der Waals surface area contributed by atoms with Crippen molar-refractivity contribution in [2.45, 2.75) is 0 Å². The number of aromatic nitrogens is 4. The molecule has 1 aromatic carbocycles. The van der Waals surface area contributed by atoms with Crippen LogP contribution in [-0.2, 0) is 0 Å². The zero-order chi connectivity index (χ0) is 12.5. The lowest BCUT2D eigenvalue weighted by molar-refractivity contribution is 0.895. The molecule has 0 aliphatic rings. The minimum atomic E-state index is 0.506. The van der Waals surface area contributed by atoms with Crippen LogP contribution in [0.4, 0.5) is 5.13 Å². The van der Waals surface area contributed by atoms with E-state index in [1.807, 2.05) is 24.3 Å². The van der Waals surface area contributed by atoms with Crippen LogP contribution >= 0.6 is 27.3 Å². The maximum Gasteiger partial charge on any atom is 0.182 e. The second-order valence-corrected chi connectivity index (χ2v) is 5.39. The van der Waals surface area contributed by atoms with Gasteiger partial charge in [-0.25, -0.2) is 14.6 Å². The third kappa shape index (κ3) is 1.91. The van der Waals surface area contributed by atoms with Crippen molar-refractivity contribution in [2.24, 2.45) is 0 Å². The van der Waals surface area contributed by atoms with E-state index in [1.165, 1.54) is 17.7 Å². The van der Waals surface area contributed by atoms with E-state index in [0.717, 1.165) is 20.7 Å². The van der Waals surface area contributed by atoms with Gasteiger partial charge >= 0.3 is 0 Å². The third-order valence-corrected chi connectivity index (χ3v) is 3.95. The number of hydrogen-bond donors (Lipinski definition) is 1. The standard InChI is InChI=1S/C11H8BrN5S/c12-8-4-2-1-3-7(8)9-10(18-11(13)16-9)17-6-14-5-15-17/h1-6H,(H2,13,16). The molecule has 5 nitrogen and oxygen atoms in total. The SMILES string of the molecule is Nc1nc(-c2ccccc2Br)c(-n2cncn2)s1. The molecule has 0 fully saturated rings. The van der Waals surface area contributed by atoms with Crippen molar-refractivity contribution < 1.29 is 0 Å². The maximum absolute atomic E-state index is 5.80. The van der Waals surface area contributed by atoms with Gasteiger partial charge in [0.15, 0.2) is 5.13 Å². The van der Waals surface area contributed by atoms with E-state index in [9.17, 15) is 0 Å². The average molecular weight is 322 g/mol. The molecule has 0 bridgehead atoms. The number of nitrogens with two attached hydrogens (primary N) is 1. The van der Waals surface area contributed by atoms with E-state index in [4.69, 9.17) is 5.73 Å². The molecule has 7 heteroatoms. The molecule has 0 unspecified atom stereocenters. The fourth-order valence-electron chi connectivity index (χ4n) is 1.63. The lowest BCUT2D eigenvalue weighted by atomic mass is 10.2. The summed E-state index contributed by atoms with van der Waals surface area (Å²) in [7, 11) is 0. The number of nitrogen functional groups attached to an aromatic ring is 1. The van der Waals surface area contributed by atoms with Crippen LogP contribution < -0.4 is 5.73 Å². The molecule has 18 heavy (non-hydrogen) atoms. The second-order valence-electron chi connectivity index (χ2n) is 3.53. The lowest BCUT2D eigenvalue weighted by Crippen LogP contribution is -1.94. The summed E-state index contributed by atoms with van der Waals surface area (Å²) in [4.78, 5) is 8.32. The van der Waals surface area contributed by atoms with E-state index in [-0.39, 0.29) is 0 Å². The number of rotatable bonds is 2. The maximum atomic E-state index is 5.80. The van der Waals surface area contributed by atoms with E-state index in [0.29, 0.717) is 5.13 Å². The van der Waals surface area contributed by atoms with Crippen LogP contribution in [0, 0.1) is 0 Å². The first-order chi connectivity index (χ1) is 8.75. The van der Waals surface area contributed by atoms with Crippen molar-refractivity contribution in [3.63, 3.8) is 0 Å². The highest BCUT2D eigenvalue weighted by Crippen LogP contribution is 2.35. The van der Waals surface area contributed by atoms with Crippen LogP contribution in [0.3, 0.4) is 0 Å². The normalized spacial score (nSPS) is 10.7. The molecular weight excluding hydrogens is 314 g/mol. The van der Waals surface area contributed by atoms with Crippen molar-refractivity contribution in [3.8, 4) is 16.3 Å². The van der Waals surface area contributed by atoms with Crippen molar-refractivity contribution in [1.29, 1.82) is 0 Å². The molecule has 3 aromatic rings. The van der Waals surface area contributed by atoms with Crippen LogP contribution in [0.2, 0.25) is 0 Å². The van der Waals surface area contributed by atoms with Crippen LogP contribution in [0.1, 0.15) is 0 Å². The molecular formula is C11H8BrN5S. The Labute approximate surface area is 115 Å². The summed E-state index contributed by atoms with van der Waals surface area (Å²) >= 11 is 4.90. The van der Waals surface area contributed by atoms with Gasteiger partial charge in [-0.15, -0.1) is 0 Å². The number of anilines is 1. The topological polar surface area (TPSA) is 69.6 Å². The number of benzene rings is 1. The molecule has 2 heterocycles. The van der Waals surface area contributed by atoms with E-state index in [2.05, 4.69) is 31.0 Å². The van der Waals surface area contributed by atoms with Gasteiger partial charge in [-0.1, -0.05) is 45.5 Å². The molecule has 90 valence electrons. The zero-order valence-corrected chi connectivity index (χ0v) is 11.5. The molecule has 0 amide bonds. The van der Waals surface area contributed by atoms with E-state index >= 15 is 0 Å². The third-order valence-electron chi connectivity index (χ3n) is 2.38. The van der Waals surface area contributed by atoms with Gasteiger partial charge in [-0.2, -0.15) is 5.10 Å². The molecule has 0 saturated carbocycles. The summed E-state index contributed by atoms with van der Waals surface area (Å²) in [5.41, 5.74) is 7.59. The van der Waals surface area contributed by atoms with Gasteiger partial charge in [-0.3, -0.25) is 0 Å². The number of nitrogens with zero attached hydrogens (tertiary/aromatic N) is 4. The number of halogens is 1. The Kier molecular flexibility index (Phi) is 2.85. The Hall–Kier alpha value is -1.73. The van der Waals surface area contributed by atoms with Crippen molar-refractivity contribution in [1.82, 2.24) is 19.7 Å². The quantitative estimate of drug-likeness (QED) is 0.787. The summed E-state index contributed by atoms with van der Waals surface area (Å²) in [6, 6.07) is 7.87. The second kappa shape index (κ2) is 4.51. The Bertz CT molecular complexity index is 677. The summed E-state index contributed by atoms with van der Waals surface area (Å²) in [5, 5.41) is 5.48. The van der Waals surface area contributed by atoms with Crippen molar-refractivity contribution >= 4 is 32.4 Å². The summed E-state index contributed by atoms with van der Waals surface area (Å²) in [6.45, 7) is 0. The smallest absolute Gasteiger partial charge is 0.182 e. The number of thiazole rings is 1. The molecule has 0 atom stereocenters. The van der Waals surface area contributed by atoms with Gasteiger partial charge < -0.3 is 5.73 Å². The zero-order valence-electron chi connectivity index (χ0n) is 9.12. The highest BCUT2D eigenvalue weighted by atomic mass is 79.9. The molecule has 2 N–H and O–H groups in total. The predicted octanol–water partition coefficient (Wildman–Crippen LogP) is 2.74. The molecule has 0 spiro atoms. The predicted molar refractivity (Wildman–Crippen MR) is 74.6 cm³/mol. The van der Waals surface area contributed by atoms with Gasteiger partial charge in [-0.05, 0) is 6.07 Å².